The Labute approximate surface area is 78.6 Å². The van der Waals surface area contributed by atoms with Crippen LogP contribution in [0.25, 0.3) is 0 Å². The molecule has 0 aliphatic heterocycles. The molecular weight excluding hydrogens is 164 g/mol. The van der Waals surface area contributed by atoms with Crippen LogP contribution in [0.1, 0.15) is 18.9 Å². The zero-order valence-corrected chi connectivity index (χ0v) is 7.90. The maximum atomic E-state index is 8.92. The van der Waals surface area contributed by atoms with Gasteiger partial charge >= 0.3 is 0 Å². The molecule has 0 fully saturated rings. The van der Waals surface area contributed by atoms with Gasteiger partial charge in [-0.15, -0.1) is 0 Å². The molecule has 0 aromatic carbocycles. The molecule has 3 heteroatoms. The normalized spacial score (nSPS) is 15.3. The predicted octanol–water partition coefficient (Wildman–Crippen LogP) is 0.680. The molecule has 1 heterocycles. The van der Waals surface area contributed by atoms with Gasteiger partial charge < -0.3 is 10.8 Å². The fraction of sp³-hybridized carbons (Fsp3) is 0.500. The predicted molar refractivity (Wildman–Crippen MR) is 52.3 cm³/mol. The van der Waals surface area contributed by atoms with Crippen LogP contribution in [0.15, 0.2) is 24.5 Å². The summed E-state index contributed by atoms with van der Waals surface area (Å²) in [7, 11) is 0. The number of pyridine rings is 1. The highest BCUT2D eigenvalue weighted by Crippen LogP contribution is 2.24. The fourth-order valence-electron chi connectivity index (χ4n) is 1.33. The first kappa shape index (κ1) is 10.2. The van der Waals surface area contributed by atoms with Crippen molar-refractivity contribution in [1.82, 2.24) is 4.98 Å². The van der Waals surface area contributed by atoms with E-state index in [0.29, 0.717) is 13.0 Å². The highest BCUT2D eigenvalue weighted by molar-refractivity contribution is 5.21. The second-order valence-corrected chi connectivity index (χ2v) is 3.48. The summed E-state index contributed by atoms with van der Waals surface area (Å²) in [4.78, 5) is 4.04. The Bertz CT molecular complexity index is 250. The maximum absolute atomic E-state index is 8.92. The summed E-state index contributed by atoms with van der Waals surface area (Å²) in [5.41, 5.74) is 6.63. The lowest BCUT2D eigenvalue weighted by Crippen LogP contribution is -2.32. The zero-order chi connectivity index (χ0) is 9.73. The molecule has 1 atom stereocenters. The number of nitrogens with zero attached hydrogens (tertiary/aromatic N) is 1. The maximum Gasteiger partial charge on any atom is 0.0439 e. The van der Waals surface area contributed by atoms with Gasteiger partial charge in [-0.1, -0.05) is 13.0 Å². The van der Waals surface area contributed by atoms with Crippen molar-refractivity contribution in [2.75, 3.05) is 13.2 Å². The summed E-state index contributed by atoms with van der Waals surface area (Å²) >= 11 is 0. The van der Waals surface area contributed by atoms with E-state index < -0.39 is 0 Å². The van der Waals surface area contributed by atoms with Gasteiger partial charge in [0.05, 0.1) is 0 Å². The molecule has 13 heavy (non-hydrogen) atoms. The van der Waals surface area contributed by atoms with Crippen molar-refractivity contribution >= 4 is 0 Å². The van der Waals surface area contributed by atoms with Gasteiger partial charge in [0.1, 0.15) is 0 Å². The smallest absolute Gasteiger partial charge is 0.0439 e. The quantitative estimate of drug-likeness (QED) is 0.716. The molecule has 1 rings (SSSR count). The Morgan fingerprint density at radius 3 is 2.85 bits per heavy atom. The lowest BCUT2D eigenvalue weighted by Gasteiger charge is -2.27. The molecule has 0 aliphatic rings. The van der Waals surface area contributed by atoms with Gasteiger partial charge in [-0.25, -0.2) is 0 Å². The summed E-state index contributed by atoms with van der Waals surface area (Å²) in [5.74, 6) is 0. The lowest BCUT2D eigenvalue weighted by atomic mass is 9.81. The third-order valence-electron chi connectivity index (χ3n) is 2.47. The van der Waals surface area contributed by atoms with Crippen molar-refractivity contribution in [2.24, 2.45) is 5.73 Å². The number of nitrogens with two attached hydrogens (primary N) is 1. The van der Waals surface area contributed by atoms with Gasteiger partial charge in [0.25, 0.3) is 0 Å². The molecule has 3 nitrogen and oxygen atoms in total. The lowest BCUT2D eigenvalue weighted by molar-refractivity contribution is 0.247. The van der Waals surface area contributed by atoms with E-state index in [4.69, 9.17) is 10.8 Å². The topological polar surface area (TPSA) is 59.1 Å². The van der Waals surface area contributed by atoms with E-state index in [1.165, 1.54) is 0 Å². The molecule has 0 saturated heterocycles. The zero-order valence-electron chi connectivity index (χ0n) is 7.90. The van der Waals surface area contributed by atoms with E-state index in [-0.39, 0.29) is 12.0 Å². The van der Waals surface area contributed by atoms with Gasteiger partial charge in [-0.2, -0.15) is 0 Å². The van der Waals surface area contributed by atoms with Gasteiger partial charge in [0.2, 0.25) is 0 Å². The largest absolute Gasteiger partial charge is 0.396 e. The van der Waals surface area contributed by atoms with Gasteiger partial charge in [0.15, 0.2) is 0 Å². The fourth-order valence-corrected chi connectivity index (χ4v) is 1.33. The van der Waals surface area contributed by atoms with Crippen LogP contribution < -0.4 is 5.73 Å². The number of hydrogen-bond acceptors (Lipinski definition) is 3. The van der Waals surface area contributed by atoms with Gasteiger partial charge in [0, 0.05) is 31.0 Å². The second-order valence-electron chi connectivity index (χ2n) is 3.48. The number of aliphatic hydroxyl groups excluding tert-OH is 1. The minimum atomic E-state index is -0.150. The number of hydrogen-bond donors (Lipinski definition) is 2. The summed E-state index contributed by atoms with van der Waals surface area (Å²) in [6, 6.07) is 3.89. The summed E-state index contributed by atoms with van der Waals surface area (Å²) in [6.07, 6.45) is 4.22. The van der Waals surface area contributed by atoms with Crippen molar-refractivity contribution in [3.05, 3.63) is 30.1 Å². The third-order valence-corrected chi connectivity index (χ3v) is 2.47. The molecule has 0 saturated carbocycles. The van der Waals surface area contributed by atoms with E-state index in [2.05, 4.69) is 4.98 Å². The minimum Gasteiger partial charge on any atom is -0.396 e. The Kier molecular flexibility index (Phi) is 3.39. The van der Waals surface area contributed by atoms with E-state index in [1.54, 1.807) is 6.20 Å². The first-order valence-corrected chi connectivity index (χ1v) is 4.44. The van der Waals surface area contributed by atoms with Crippen LogP contribution in [0, 0.1) is 0 Å². The molecular formula is C10H16N2O. The van der Waals surface area contributed by atoms with Gasteiger partial charge in [-0.3, -0.25) is 4.98 Å². The highest BCUT2D eigenvalue weighted by atomic mass is 16.3. The third kappa shape index (κ3) is 2.26. The van der Waals surface area contributed by atoms with E-state index in [1.807, 2.05) is 25.3 Å². The van der Waals surface area contributed by atoms with Crippen LogP contribution >= 0.6 is 0 Å². The molecule has 0 bridgehead atoms. The van der Waals surface area contributed by atoms with Gasteiger partial charge in [-0.05, 0) is 18.1 Å². The summed E-state index contributed by atoms with van der Waals surface area (Å²) < 4.78 is 0. The average molecular weight is 180 g/mol. The Morgan fingerprint density at radius 1 is 1.62 bits per heavy atom. The molecule has 72 valence electrons. The van der Waals surface area contributed by atoms with E-state index in [9.17, 15) is 0 Å². The van der Waals surface area contributed by atoms with Crippen LogP contribution in [-0.2, 0) is 5.41 Å². The molecule has 1 aromatic rings. The van der Waals surface area contributed by atoms with Crippen molar-refractivity contribution in [3.8, 4) is 0 Å². The molecule has 1 aromatic heterocycles. The number of aromatic nitrogens is 1. The monoisotopic (exact) mass is 180 g/mol. The second kappa shape index (κ2) is 4.35. The minimum absolute atomic E-state index is 0.150. The Morgan fingerprint density at radius 2 is 2.38 bits per heavy atom. The molecule has 0 amide bonds. The molecule has 1 unspecified atom stereocenters. The van der Waals surface area contributed by atoms with Crippen molar-refractivity contribution < 1.29 is 5.11 Å². The van der Waals surface area contributed by atoms with E-state index in [0.717, 1.165) is 5.56 Å². The first-order valence-electron chi connectivity index (χ1n) is 4.44. The van der Waals surface area contributed by atoms with Crippen LogP contribution in [0.2, 0.25) is 0 Å². The molecule has 3 N–H and O–H groups in total. The van der Waals surface area contributed by atoms with Crippen molar-refractivity contribution in [1.29, 1.82) is 0 Å². The Balaban J connectivity index is 2.89. The number of rotatable bonds is 4. The Hall–Kier alpha value is -0.930. The van der Waals surface area contributed by atoms with Crippen LogP contribution in [0.5, 0.6) is 0 Å². The first-order chi connectivity index (χ1) is 6.23. The van der Waals surface area contributed by atoms with Crippen LogP contribution in [0.4, 0.5) is 0 Å². The summed E-state index contributed by atoms with van der Waals surface area (Å²) in [6.45, 7) is 2.72. The SMILES string of the molecule is CC(CN)(CCO)c1cccnc1. The molecule has 0 spiro atoms. The number of aliphatic hydroxyl groups is 1. The van der Waals surface area contributed by atoms with E-state index >= 15 is 0 Å². The summed E-state index contributed by atoms with van der Waals surface area (Å²) in [5, 5.41) is 8.92. The molecule has 0 aliphatic carbocycles. The van der Waals surface area contributed by atoms with Crippen molar-refractivity contribution in [3.63, 3.8) is 0 Å². The van der Waals surface area contributed by atoms with Crippen LogP contribution in [0.3, 0.4) is 0 Å². The highest BCUT2D eigenvalue weighted by Gasteiger charge is 2.24. The van der Waals surface area contributed by atoms with Crippen molar-refractivity contribution in [2.45, 2.75) is 18.8 Å². The average Bonchev–Trinajstić information content (AvgIpc) is 2.19. The standard InChI is InChI=1S/C10H16N2O/c1-10(8-11,4-6-13)9-3-2-5-12-7-9/h2-3,5,7,13H,4,6,8,11H2,1H3. The van der Waals surface area contributed by atoms with Crippen LogP contribution in [-0.4, -0.2) is 23.2 Å². The molecule has 0 radical (unpaired) electrons.